The first kappa shape index (κ1) is 13.6. The Morgan fingerprint density at radius 1 is 1.50 bits per heavy atom. The number of carboxylic acids is 1. The van der Waals surface area contributed by atoms with Gasteiger partial charge in [0.25, 0.3) is 0 Å². The summed E-state index contributed by atoms with van der Waals surface area (Å²) in [5.41, 5.74) is 0.865. The van der Waals surface area contributed by atoms with Crippen molar-refractivity contribution in [2.24, 2.45) is 5.92 Å². The lowest BCUT2D eigenvalue weighted by atomic mass is 10.1. The maximum Gasteiger partial charge on any atom is 0.307 e. The molecule has 2 atom stereocenters. The Hall–Kier alpha value is -1.33. The van der Waals surface area contributed by atoms with Gasteiger partial charge in [-0.05, 0) is 44.2 Å². The number of furan rings is 1. The Morgan fingerprint density at radius 3 is 3.00 bits per heavy atom. The van der Waals surface area contributed by atoms with Crippen LogP contribution >= 0.6 is 15.9 Å². The lowest BCUT2D eigenvalue weighted by Crippen LogP contribution is -2.26. The zero-order chi connectivity index (χ0) is 14.3. The number of aliphatic carboxylic acids is 1. The molecule has 2 heterocycles. The molecule has 20 heavy (non-hydrogen) atoms. The summed E-state index contributed by atoms with van der Waals surface area (Å²) in [5.74, 6) is -0.0617. The van der Waals surface area contributed by atoms with Gasteiger partial charge >= 0.3 is 5.97 Å². The van der Waals surface area contributed by atoms with Gasteiger partial charge in [-0.2, -0.15) is 0 Å². The van der Waals surface area contributed by atoms with Crippen LogP contribution in [0.4, 0.5) is 0 Å². The van der Waals surface area contributed by atoms with Crippen LogP contribution in [-0.2, 0) is 4.79 Å². The Labute approximate surface area is 125 Å². The van der Waals surface area contributed by atoms with E-state index in [4.69, 9.17) is 9.52 Å². The van der Waals surface area contributed by atoms with Gasteiger partial charge in [-0.1, -0.05) is 15.9 Å². The molecule has 4 nitrogen and oxygen atoms in total. The van der Waals surface area contributed by atoms with E-state index >= 15 is 0 Å². The molecular formula is C15H16BrNO3. The highest BCUT2D eigenvalue weighted by Crippen LogP contribution is 2.32. The molecule has 0 bridgehead atoms. The van der Waals surface area contributed by atoms with Crippen LogP contribution in [0.5, 0.6) is 0 Å². The van der Waals surface area contributed by atoms with E-state index in [9.17, 15) is 4.79 Å². The molecule has 1 aromatic carbocycles. The molecule has 2 aromatic rings. The predicted octanol–water partition coefficient (Wildman–Crippen LogP) is 3.66. The van der Waals surface area contributed by atoms with Gasteiger partial charge in [0, 0.05) is 16.4 Å². The lowest BCUT2D eigenvalue weighted by molar-refractivity contribution is -0.141. The van der Waals surface area contributed by atoms with Crippen LogP contribution in [0.25, 0.3) is 11.0 Å². The van der Waals surface area contributed by atoms with Crippen molar-refractivity contribution >= 4 is 32.9 Å². The van der Waals surface area contributed by atoms with Crippen molar-refractivity contribution in [2.45, 2.75) is 19.4 Å². The summed E-state index contributed by atoms with van der Waals surface area (Å²) >= 11 is 3.45. The van der Waals surface area contributed by atoms with Gasteiger partial charge in [0.2, 0.25) is 0 Å². The summed E-state index contributed by atoms with van der Waals surface area (Å²) in [5, 5.41) is 10.1. The quantitative estimate of drug-likeness (QED) is 0.928. The molecule has 0 spiro atoms. The molecule has 3 rings (SSSR count). The number of fused-ring (bicyclic) bond motifs is 1. The van der Waals surface area contributed by atoms with Crippen molar-refractivity contribution in [3.63, 3.8) is 0 Å². The van der Waals surface area contributed by atoms with Crippen LogP contribution in [0.15, 0.2) is 33.2 Å². The number of carboxylic acid groups (broad SMARTS) is 1. The minimum absolute atomic E-state index is 0.102. The second-order valence-corrected chi connectivity index (χ2v) is 6.24. The second kappa shape index (κ2) is 5.22. The molecular weight excluding hydrogens is 322 g/mol. The van der Waals surface area contributed by atoms with E-state index in [2.05, 4.69) is 27.8 Å². The molecule has 1 fully saturated rings. The molecule has 1 aromatic heterocycles. The summed E-state index contributed by atoms with van der Waals surface area (Å²) in [4.78, 5) is 13.2. The van der Waals surface area contributed by atoms with Crippen molar-refractivity contribution in [3.05, 3.63) is 34.5 Å². The third kappa shape index (κ3) is 2.47. The maximum absolute atomic E-state index is 11.0. The summed E-state index contributed by atoms with van der Waals surface area (Å²) in [6.07, 6.45) is 0.714. The normalized spacial score (nSPS) is 21.4. The zero-order valence-electron chi connectivity index (χ0n) is 11.2. The summed E-state index contributed by atoms with van der Waals surface area (Å²) in [6, 6.07) is 8.07. The number of likely N-dealkylation sites (tertiary alicyclic amines) is 1. The zero-order valence-corrected chi connectivity index (χ0v) is 12.8. The van der Waals surface area contributed by atoms with Gasteiger partial charge < -0.3 is 9.52 Å². The number of hydrogen-bond donors (Lipinski definition) is 1. The third-order valence-electron chi connectivity index (χ3n) is 4.03. The minimum atomic E-state index is -0.701. The number of halogens is 1. The summed E-state index contributed by atoms with van der Waals surface area (Å²) < 4.78 is 6.91. The fourth-order valence-electron chi connectivity index (χ4n) is 2.76. The first-order chi connectivity index (χ1) is 9.54. The molecule has 0 saturated carbocycles. The van der Waals surface area contributed by atoms with Gasteiger partial charge in [0.05, 0.1) is 12.0 Å². The molecule has 1 saturated heterocycles. The number of rotatable bonds is 3. The topological polar surface area (TPSA) is 53.7 Å². The summed E-state index contributed by atoms with van der Waals surface area (Å²) in [7, 11) is 0. The molecule has 0 aliphatic carbocycles. The Balaban J connectivity index is 1.82. The minimum Gasteiger partial charge on any atom is -0.481 e. The first-order valence-electron chi connectivity index (χ1n) is 6.70. The van der Waals surface area contributed by atoms with Crippen LogP contribution in [0.3, 0.4) is 0 Å². The number of benzene rings is 1. The highest BCUT2D eigenvalue weighted by molar-refractivity contribution is 9.10. The van der Waals surface area contributed by atoms with Crippen LogP contribution in [0.1, 0.15) is 25.1 Å². The molecule has 0 radical (unpaired) electrons. The van der Waals surface area contributed by atoms with Crippen molar-refractivity contribution in [1.82, 2.24) is 4.90 Å². The van der Waals surface area contributed by atoms with E-state index in [0.29, 0.717) is 13.0 Å². The molecule has 2 unspecified atom stereocenters. The molecule has 1 aliphatic heterocycles. The predicted molar refractivity (Wildman–Crippen MR) is 79.6 cm³/mol. The van der Waals surface area contributed by atoms with Crippen molar-refractivity contribution in [1.29, 1.82) is 0 Å². The molecule has 0 amide bonds. The van der Waals surface area contributed by atoms with Crippen LogP contribution in [0, 0.1) is 5.92 Å². The smallest absolute Gasteiger partial charge is 0.307 e. The van der Waals surface area contributed by atoms with Gasteiger partial charge in [0.1, 0.15) is 11.3 Å². The molecule has 106 valence electrons. The highest BCUT2D eigenvalue weighted by atomic mass is 79.9. The Kier molecular flexibility index (Phi) is 3.56. The third-order valence-corrected chi connectivity index (χ3v) is 4.52. The van der Waals surface area contributed by atoms with E-state index in [-0.39, 0.29) is 12.0 Å². The summed E-state index contributed by atoms with van der Waals surface area (Å²) in [6.45, 7) is 3.47. The van der Waals surface area contributed by atoms with Crippen LogP contribution in [-0.4, -0.2) is 29.1 Å². The average Bonchev–Trinajstić information content (AvgIpc) is 3.03. The van der Waals surface area contributed by atoms with E-state index in [1.807, 2.05) is 24.3 Å². The maximum atomic E-state index is 11.0. The van der Waals surface area contributed by atoms with Crippen LogP contribution < -0.4 is 0 Å². The van der Waals surface area contributed by atoms with Gasteiger partial charge in [-0.15, -0.1) is 0 Å². The second-order valence-electron chi connectivity index (χ2n) is 5.33. The van der Waals surface area contributed by atoms with Crippen molar-refractivity contribution in [3.8, 4) is 0 Å². The molecule has 5 heteroatoms. The fraction of sp³-hybridized carbons (Fsp3) is 0.400. The SMILES string of the molecule is CC(c1cc2cc(Br)ccc2o1)N1CCC(C(=O)O)C1. The Morgan fingerprint density at radius 2 is 2.30 bits per heavy atom. The highest BCUT2D eigenvalue weighted by Gasteiger charge is 2.32. The Bertz CT molecular complexity index is 652. The van der Waals surface area contributed by atoms with Crippen molar-refractivity contribution < 1.29 is 14.3 Å². The number of nitrogens with zero attached hydrogens (tertiary/aromatic N) is 1. The average molecular weight is 338 g/mol. The standard InChI is InChI=1S/C15H16BrNO3/c1-9(17-5-4-10(8-17)15(18)19)14-7-11-6-12(16)2-3-13(11)20-14/h2-3,6-7,9-10H,4-5,8H2,1H3,(H,18,19). The number of carbonyl (C=O) groups is 1. The van der Waals surface area contributed by atoms with Crippen molar-refractivity contribution in [2.75, 3.05) is 13.1 Å². The number of hydrogen-bond acceptors (Lipinski definition) is 3. The van der Waals surface area contributed by atoms with E-state index in [1.165, 1.54) is 0 Å². The van der Waals surface area contributed by atoms with Crippen LogP contribution in [0.2, 0.25) is 0 Å². The van der Waals surface area contributed by atoms with E-state index < -0.39 is 5.97 Å². The van der Waals surface area contributed by atoms with E-state index in [1.54, 1.807) is 0 Å². The molecule has 1 N–H and O–H groups in total. The van der Waals surface area contributed by atoms with E-state index in [0.717, 1.165) is 27.7 Å². The van der Waals surface area contributed by atoms with Gasteiger partial charge in [0.15, 0.2) is 0 Å². The van der Waals surface area contributed by atoms with Gasteiger partial charge in [-0.3, -0.25) is 9.69 Å². The first-order valence-corrected chi connectivity index (χ1v) is 7.50. The fourth-order valence-corrected chi connectivity index (χ4v) is 3.14. The monoisotopic (exact) mass is 337 g/mol. The largest absolute Gasteiger partial charge is 0.481 e. The molecule has 1 aliphatic rings. The van der Waals surface area contributed by atoms with Gasteiger partial charge in [-0.25, -0.2) is 0 Å². The lowest BCUT2D eigenvalue weighted by Gasteiger charge is -2.21.